The maximum absolute atomic E-state index is 12.1. The maximum Gasteiger partial charge on any atom is 0.513 e. The summed E-state index contributed by atoms with van der Waals surface area (Å²) in [5, 5.41) is 0. The molecule has 8 bridgehead atoms. The van der Waals surface area contributed by atoms with Crippen LogP contribution in [-0.4, -0.2) is 47.7 Å². The highest BCUT2D eigenvalue weighted by molar-refractivity contribution is 5.99. The highest BCUT2D eigenvalue weighted by Gasteiger charge is 2.19. The van der Waals surface area contributed by atoms with Crippen molar-refractivity contribution >= 4 is 52.5 Å². The van der Waals surface area contributed by atoms with Crippen molar-refractivity contribution in [2.24, 2.45) is 0 Å². The van der Waals surface area contributed by atoms with Crippen molar-refractivity contribution in [2.75, 3.05) is 6.61 Å². The van der Waals surface area contributed by atoms with Crippen LogP contribution in [0.2, 0.25) is 0 Å². The van der Waals surface area contributed by atoms with Gasteiger partial charge >= 0.3 is 6.16 Å². The van der Waals surface area contributed by atoms with E-state index in [1.165, 1.54) is 0 Å². The van der Waals surface area contributed by atoms with Gasteiger partial charge in [-0.3, -0.25) is 15.0 Å². The van der Waals surface area contributed by atoms with E-state index in [2.05, 4.69) is 61.3 Å². The summed E-state index contributed by atoms with van der Waals surface area (Å²) in [7, 11) is 0. The van der Waals surface area contributed by atoms with Gasteiger partial charge in [-0.05, 0) is 126 Å². The third-order valence-electron chi connectivity index (χ3n) is 9.27. The first-order chi connectivity index (χ1) is 26.6. The van der Waals surface area contributed by atoms with Crippen LogP contribution >= 0.6 is 0 Å². The normalized spacial score (nSPS) is 11.8. The van der Waals surface area contributed by atoms with Gasteiger partial charge in [0.1, 0.15) is 5.75 Å². The number of hydrogen-bond acceptors (Lipinski definition) is 8. The fourth-order valence-electron chi connectivity index (χ4n) is 6.91. The van der Waals surface area contributed by atoms with Gasteiger partial charge in [-0.2, -0.15) is 0 Å². The van der Waals surface area contributed by atoms with Gasteiger partial charge < -0.3 is 19.4 Å². The summed E-state index contributed by atoms with van der Waals surface area (Å²) >= 11 is 0. The Balaban J connectivity index is 1.40. The monoisotopic (exact) mass is 705 g/mol. The quantitative estimate of drug-likeness (QED) is 0.129. The number of fused-ring (bicyclic) bond motifs is 8. The zero-order valence-electron chi connectivity index (χ0n) is 29.0. The predicted molar refractivity (Wildman–Crippen MR) is 212 cm³/mol. The van der Waals surface area contributed by atoms with E-state index in [-0.39, 0.29) is 6.61 Å². The highest BCUT2D eigenvalue weighted by atomic mass is 16.7. The standard InChI is InChI=1S/C44H31N7O3/c1-2-53-44(52)54-31-5-3-27(4-6-31)40-32-7-9-34(48-32)41(28-15-21-45-22-16-28)36-11-13-38(50-36)43(30-19-25-47-26-20-30)39-14-12-37(51-39)42(29-17-23-46-24-18-29)35-10-8-33(40)49-35/h3-26,48,51H,2H2,1H3. The molecule has 2 aliphatic heterocycles. The van der Waals surface area contributed by atoms with Gasteiger partial charge in [0, 0.05) is 81.5 Å². The number of nitrogens with zero attached hydrogens (tertiary/aromatic N) is 5. The molecule has 0 aliphatic carbocycles. The number of nitrogens with one attached hydrogen (secondary N) is 2. The second-order valence-electron chi connectivity index (χ2n) is 12.5. The largest absolute Gasteiger partial charge is 0.513 e. The van der Waals surface area contributed by atoms with E-state index >= 15 is 0 Å². The van der Waals surface area contributed by atoms with E-state index in [1.54, 1.807) is 56.2 Å². The number of H-pyrrole nitrogens is 2. The van der Waals surface area contributed by atoms with Crippen LogP contribution in [-0.2, 0) is 4.74 Å². The van der Waals surface area contributed by atoms with E-state index in [9.17, 15) is 4.79 Å². The first-order valence-electron chi connectivity index (χ1n) is 17.5. The molecule has 0 saturated carbocycles. The first kappa shape index (κ1) is 32.4. The zero-order valence-corrected chi connectivity index (χ0v) is 29.0. The van der Waals surface area contributed by atoms with Gasteiger partial charge in [0.15, 0.2) is 0 Å². The van der Waals surface area contributed by atoms with E-state index in [0.29, 0.717) is 5.75 Å². The van der Waals surface area contributed by atoms with Crippen LogP contribution in [0.5, 0.6) is 5.75 Å². The average molecular weight is 706 g/mol. The van der Waals surface area contributed by atoms with Crippen LogP contribution in [0.1, 0.15) is 29.7 Å². The van der Waals surface area contributed by atoms with Crippen LogP contribution in [0, 0.1) is 0 Å². The minimum atomic E-state index is -0.750. The van der Waals surface area contributed by atoms with Crippen LogP contribution in [0.15, 0.2) is 122 Å². The predicted octanol–water partition coefficient (Wildman–Crippen LogP) is 10.0. The van der Waals surface area contributed by atoms with Gasteiger partial charge in [0.05, 0.1) is 29.4 Å². The van der Waals surface area contributed by atoms with Crippen molar-refractivity contribution in [3.05, 3.63) is 145 Å². The van der Waals surface area contributed by atoms with E-state index < -0.39 is 6.16 Å². The molecule has 10 heteroatoms. The molecule has 0 atom stereocenters. The Kier molecular flexibility index (Phi) is 8.37. The van der Waals surface area contributed by atoms with Gasteiger partial charge in [-0.25, -0.2) is 14.8 Å². The number of rotatable bonds is 6. The molecule has 2 N–H and O–H groups in total. The molecule has 1 aromatic carbocycles. The number of aromatic amines is 2. The Morgan fingerprint density at radius 3 is 1.15 bits per heavy atom. The van der Waals surface area contributed by atoms with Crippen molar-refractivity contribution in [2.45, 2.75) is 6.92 Å². The number of carbonyl (C=O) groups excluding carboxylic acids is 1. The molecule has 0 unspecified atom stereocenters. The zero-order chi connectivity index (χ0) is 36.4. The molecule has 2 aliphatic rings. The van der Waals surface area contributed by atoms with Crippen LogP contribution in [0.25, 0.3) is 90.9 Å². The molecule has 8 heterocycles. The van der Waals surface area contributed by atoms with Crippen LogP contribution < -0.4 is 4.74 Å². The summed E-state index contributed by atoms with van der Waals surface area (Å²) < 4.78 is 10.4. The number of pyridine rings is 3. The number of benzene rings is 1. The molecule has 7 aromatic rings. The fourth-order valence-corrected chi connectivity index (χ4v) is 6.91. The molecule has 260 valence electrons. The third-order valence-corrected chi connectivity index (χ3v) is 9.27. The van der Waals surface area contributed by atoms with E-state index in [4.69, 9.17) is 19.4 Å². The van der Waals surface area contributed by atoms with E-state index in [0.717, 1.165) is 89.4 Å². The maximum atomic E-state index is 12.1. The van der Waals surface area contributed by atoms with Crippen molar-refractivity contribution in [3.8, 4) is 50.3 Å². The molecule has 0 fully saturated rings. The number of carbonyl (C=O) groups is 1. The molecule has 0 radical (unpaired) electrons. The van der Waals surface area contributed by atoms with Crippen molar-refractivity contribution < 1.29 is 14.3 Å². The smallest absolute Gasteiger partial charge is 0.434 e. The minimum Gasteiger partial charge on any atom is -0.434 e. The van der Waals surface area contributed by atoms with Gasteiger partial charge in [0.25, 0.3) is 0 Å². The Hall–Kier alpha value is -7.46. The number of hydrogen-bond donors (Lipinski definition) is 2. The Morgan fingerprint density at radius 1 is 0.481 bits per heavy atom. The molecule has 6 aromatic heterocycles. The molecule has 0 saturated heterocycles. The lowest BCUT2D eigenvalue weighted by Gasteiger charge is -2.08. The lowest BCUT2D eigenvalue weighted by Crippen LogP contribution is -2.09. The number of aromatic nitrogens is 7. The summed E-state index contributed by atoms with van der Waals surface area (Å²) in [6, 6.07) is 27.6. The molecule has 54 heavy (non-hydrogen) atoms. The van der Waals surface area contributed by atoms with Crippen molar-refractivity contribution in [1.82, 2.24) is 34.9 Å². The van der Waals surface area contributed by atoms with Crippen LogP contribution in [0.3, 0.4) is 0 Å². The lowest BCUT2D eigenvalue weighted by atomic mass is 10.0. The third kappa shape index (κ3) is 6.11. The van der Waals surface area contributed by atoms with Gasteiger partial charge in [-0.15, -0.1) is 0 Å². The average Bonchev–Trinajstić information content (AvgIpc) is 4.05. The fraction of sp³-hybridized carbons (Fsp3) is 0.0455. The summed E-state index contributed by atoms with van der Waals surface area (Å²) in [6.45, 7) is 1.96. The summed E-state index contributed by atoms with van der Waals surface area (Å²) in [5.41, 5.74) is 14.1. The molecule has 0 spiro atoms. The van der Waals surface area contributed by atoms with E-state index in [1.807, 2.05) is 60.7 Å². The van der Waals surface area contributed by atoms with Gasteiger partial charge in [-0.1, -0.05) is 12.1 Å². The first-order valence-corrected chi connectivity index (χ1v) is 17.5. The Bertz CT molecular complexity index is 2720. The molecule has 10 nitrogen and oxygen atoms in total. The second-order valence-corrected chi connectivity index (χ2v) is 12.5. The Labute approximate surface area is 309 Å². The summed E-state index contributed by atoms with van der Waals surface area (Å²) in [5.74, 6) is 0.375. The second kappa shape index (κ2) is 13.9. The SMILES string of the molecule is CCOC(=O)Oc1ccc(-c2c3nc(c(-c4ccncc4)c4ccc([nH]4)c(-c4ccncc4)c4nc(c(-c5ccncc5)c5ccc2[nH]5)C=C4)C=C3)cc1. The van der Waals surface area contributed by atoms with Crippen molar-refractivity contribution in [1.29, 1.82) is 0 Å². The van der Waals surface area contributed by atoms with Crippen LogP contribution in [0.4, 0.5) is 4.79 Å². The summed E-state index contributed by atoms with van der Waals surface area (Å²) in [6.07, 6.45) is 18.2. The molecule has 0 amide bonds. The van der Waals surface area contributed by atoms with Crippen molar-refractivity contribution in [3.63, 3.8) is 0 Å². The summed E-state index contributed by atoms with van der Waals surface area (Å²) in [4.78, 5) is 43.0. The lowest BCUT2D eigenvalue weighted by molar-refractivity contribution is 0.104. The topological polar surface area (TPSA) is 132 Å². The molecule has 9 rings (SSSR count). The molecular formula is C44H31N7O3. The Morgan fingerprint density at radius 2 is 0.815 bits per heavy atom. The van der Waals surface area contributed by atoms with Gasteiger partial charge in [0.2, 0.25) is 0 Å². The number of ether oxygens (including phenoxy) is 2. The molecular weight excluding hydrogens is 675 g/mol. The highest BCUT2D eigenvalue weighted by Crippen LogP contribution is 2.38. The minimum absolute atomic E-state index is 0.224.